The van der Waals surface area contributed by atoms with Crippen molar-refractivity contribution in [3.63, 3.8) is 0 Å². The minimum absolute atomic E-state index is 0.182. The summed E-state index contributed by atoms with van der Waals surface area (Å²) >= 11 is 0. The number of methoxy groups -OCH3 is 1. The Morgan fingerprint density at radius 2 is 2.19 bits per heavy atom. The number of hydrogen-bond acceptors (Lipinski definition) is 6. The molecule has 1 fully saturated rings. The van der Waals surface area contributed by atoms with Crippen molar-refractivity contribution in [1.82, 2.24) is 0 Å². The van der Waals surface area contributed by atoms with E-state index < -0.39 is 18.0 Å². The van der Waals surface area contributed by atoms with E-state index in [-0.39, 0.29) is 23.9 Å². The minimum Gasteiger partial charge on any atom is -0.487 e. The normalized spacial score (nSPS) is 17.4. The highest BCUT2D eigenvalue weighted by atomic mass is 19.1. The smallest absolute Gasteiger partial charge is 0.313 e. The van der Waals surface area contributed by atoms with Crippen molar-refractivity contribution in [2.75, 3.05) is 20.3 Å². The first-order valence-electron chi connectivity index (χ1n) is 8.43. The van der Waals surface area contributed by atoms with E-state index in [0.717, 1.165) is 0 Å². The van der Waals surface area contributed by atoms with Gasteiger partial charge >= 0.3 is 5.97 Å². The molecule has 1 N–H and O–H groups in total. The molecule has 0 aliphatic carbocycles. The van der Waals surface area contributed by atoms with Crippen molar-refractivity contribution >= 4 is 12.3 Å². The summed E-state index contributed by atoms with van der Waals surface area (Å²) in [7, 11) is 1.32. The molecule has 0 amide bonds. The lowest BCUT2D eigenvalue weighted by atomic mass is 9.91. The van der Waals surface area contributed by atoms with Crippen molar-refractivity contribution in [1.29, 1.82) is 0 Å². The molecule has 1 aliphatic heterocycles. The van der Waals surface area contributed by atoms with E-state index in [1.165, 1.54) is 25.3 Å². The van der Waals surface area contributed by atoms with Crippen LogP contribution in [0.25, 0.3) is 11.1 Å². The first kappa shape index (κ1) is 19.0. The lowest BCUT2D eigenvalue weighted by molar-refractivity contribution is -0.139. The van der Waals surface area contributed by atoms with Gasteiger partial charge in [0.2, 0.25) is 0 Å². The number of carbonyl (C=O) groups is 2. The second kappa shape index (κ2) is 8.28. The minimum atomic E-state index is -1.19. The van der Waals surface area contributed by atoms with Crippen LogP contribution in [-0.4, -0.2) is 44.0 Å². The largest absolute Gasteiger partial charge is 0.487 e. The van der Waals surface area contributed by atoms with Gasteiger partial charge in [-0.2, -0.15) is 0 Å². The molecule has 0 saturated carbocycles. The molecular weight excluding hydrogens is 355 g/mol. The zero-order valence-electron chi connectivity index (χ0n) is 14.7. The molecule has 2 aromatic rings. The van der Waals surface area contributed by atoms with E-state index in [0.29, 0.717) is 36.0 Å². The Bertz CT molecular complexity index is 850. The number of cyclic esters (lactones) is 1. The number of hydrogen-bond donors (Lipinski definition) is 1. The number of ether oxygens (including phenoxy) is 3. The maximum atomic E-state index is 13.8. The third-order valence-corrected chi connectivity index (χ3v) is 4.38. The number of halogens is 1. The molecule has 0 bridgehead atoms. The molecule has 2 aromatic carbocycles. The predicted octanol–water partition coefficient (Wildman–Crippen LogP) is 2.68. The van der Waals surface area contributed by atoms with E-state index >= 15 is 0 Å². The fraction of sp³-hybridized carbons (Fsp3) is 0.300. The van der Waals surface area contributed by atoms with Gasteiger partial charge in [0.25, 0.3) is 0 Å². The molecule has 6 nitrogen and oxygen atoms in total. The molecule has 1 aliphatic rings. The molecule has 0 aromatic heterocycles. The number of aliphatic hydroxyl groups excluding tert-OH is 1. The maximum Gasteiger partial charge on any atom is 0.313 e. The molecule has 7 heteroatoms. The van der Waals surface area contributed by atoms with Gasteiger partial charge < -0.3 is 19.3 Å². The van der Waals surface area contributed by atoms with Crippen LogP contribution < -0.4 is 4.74 Å². The zero-order chi connectivity index (χ0) is 19.4. The summed E-state index contributed by atoms with van der Waals surface area (Å²) in [6.45, 7) is 0.0952. The molecule has 0 radical (unpaired) electrons. The lowest BCUT2D eigenvalue weighted by Gasteiger charge is -2.18. The average Bonchev–Trinajstić information content (AvgIpc) is 3.11. The van der Waals surface area contributed by atoms with Crippen LogP contribution in [-0.2, 0) is 14.3 Å². The van der Waals surface area contributed by atoms with Crippen LogP contribution in [0, 0.1) is 5.82 Å². The maximum absolute atomic E-state index is 13.8. The van der Waals surface area contributed by atoms with Crippen LogP contribution in [0.15, 0.2) is 36.4 Å². The highest BCUT2D eigenvalue weighted by Crippen LogP contribution is 2.38. The second-order valence-corrected chi connectivity index (χ2v) is 6.13. The first-order valence-corrected chi connectivity index (χ1v) is 8.43. The molecule has 1 saturated heterocycles. The topological polar surface area (TPSA) is 82.1 Å². The molecule has 1 heterocycles. The Balaban J connectivity index is 2.12. The van der Waals surface area contributed by atoms with Gasteiger partial charge in [-0.15, -0.1) is 0 Å². The first-order chi connectivity index (χ1) is 13.0. The standard InChI is InChI=1S/C20H19FO6/c1-25-18(23)11-27-19-14(10-22)7-13(16-5-6-26-20(16)24)9-17(19)12-3-2-4-15(21)8-12/h2-4,7-10,16,18,23H,5-6,11H2,1H3. The molecule has 2 atom stereocenters. The molecule has 3 rings (SSSR count). The van der Waals surface area contributed by atoms with E-state index in [2.05, 4.69) is 0 Å². The van der Waals surface area contributed by atoms with Crippen molar-refractivity contribution in [3.8, 4) is 16.9 Å². The predicted molar refractivity (Wildman–Crippen MR) is 94.1 cm³/mol. The van der Waals surface area contributed by atoms with Gasteiger partial charge in [0.1, 0.15) is 18.2 Å². The number of carbonyl (C=O) groups excluding carboxylic acids is 2. The Labute approximate surface area is 155 Å². The number of esters is 1. The monoisotopic (exact) mass is 374 g/mol. The van der Waals surface area contributed by atoms with E-state index in [1.54, 1.807) is 18.2 Å². The van der Waals surface area contributed by atoms with Crippen molar-refractivity contribution < 1.29 is 33.3 Å². The van der Waals surface area contributed by atoms with Gasteiger partial charge in [0.05, 0.1) is 18.1 Å². The number of aliphatic hydroxyl groups is 1. The fourth-order valence-corrected chi connectivity index (χ4v) is 3.02. The number of benzene rings is 2. The Kier molecular flexibility index (Phi) is 5.83. The van der Waals surface area contributed by atoms with Crippen LogP contribution in [0.1, 0.15) is 28.3 Å². The van der Waals surface area contributed by atoms with E-state index in [9.17, 15) is 19.1 Å². The summed E-state index contributed by atoms with van der Waals surface area (Å²) < 4.78 is 29.1. The molecule has 142 valence electrons. The van der Waals surface area contributed by atoms with E-state index in [1.807, 2.05) is 0 Å². The molecule has 27 heavy (non-hydrogen) atoms. The van der Waals surface area contributed by atoms with Gasteiger partial charge in [-0.1, -0.05) is 12.1 Å². The molecule has 0 spiro atoms. The summed E-state index contributed by atoms with van der Waals surface area (Å²) in [5.74, 6) is -1.12. The summed E-state index contributed by atoms with van der Waals surface area (Å²) in [6, 6.07) is 9.06. The van der Waals surface area contributed by atoms with Gasteiger partial charge in [0, 0.05) is 12.7 Å². The van der Waals surface area contributed by atoms with Gasteiger partial charge in [0.15, 0.2) is 12.6 Å². The summed E-state index contributed by atoms with van der Waals surface area (Å²) in [5.41, 5.74) is 1.71. The van der Waals surface area contributed by atoms with Crippen molar-refractivity contribution in [2.24, 2.45) is 0 Å². The Morgan fingerprint density at radius 3 is 2.81 bits per heavy atom. The summed E-state index contributed by atoms with van der Waals surface area (Å²) in [4.78, 5) is 23.6. The second-order valence-electron chi connectivity index (χ2n) is 6.13. The average molecular weight is 374 g/mol. The van der Waals surface area contributed by atoms with E-state index in [4.69, 9.17) is 14.2 Å². The van der Waals surface area contributed by atoms with Crippen molar-refractivity contribution in [3.05, 3.63) is 53.3 Å². The van der Waals surface area contributed by atoms with Gasteiger partial charge in [-0.3, -0.25) is 9.59 Å². The zero-order valence-corrected chi connectivity index (χ0v) is 14.7. The Hall–Kier alpha value is -2.77. The van der Waals surface area contributed by atoms with Crippen LogP contribution >= 0.6 is 0 Å². The third-order valence-electron chi connectivity index (χ3n) is 4.38. The Morgan fingerprint density at radius 1 is 1.37 bits per heavy atom. The van der Waals surface area contributed by atoms with Gasteiger partial charge in [-0.25, -0.2) is 4.39 Å². The fourth-order valence-electron chi connectivity index (χ4n) is 3.02. The SMILES string of the molecule is COC(O)COc1c(C=O)cc(C2CCOC2=O)cc1-c1cccc(F)c1. The third kappa shape index (κ3) is 4.15. The number of aldehydes is 1. The van der Waals surface area contributed by atoms with Gasteiger partial charge in [-0.05, 0) is 41.8 Å². The summed E-state index contributed by atoms with van der Waals surface area (Å²) in [6.07, 6.45) is -0.0852. The van der Waals surface area contributed by atoms with Crippen LogP contribution in [0.2, 0.25) is 0 Å². The van der Waals surface area contributed by atoms with Crippen molar-refractivity contribution in [2.45, 2.75) is 18.6 Å². The van der Waals surface area contributed by atoms with Crippen LogP contribution in [0.3, 0.4) is 0 Å². The highest BCUT2D eigenvalue weighted by Gasteiger charge is 2.30. The quantitative estimate of drug-likeness (QED) is 0.456. The number of rotatable bonds is 7. The molecular formula is C20H19FO6. The summed E-state index contributed by atoms with van der Waals surface area (Å²) in [5, 5.41) is 9.59. The van der Waals surface area contributed by atoms with Crippen LogP contribution in [0.4, 0.5) is 4.39 Å². The van der Waals surface area contributed by atoms with Crippen LogP contribution in [0.5, 0.6) is 5.75 Å². The molecule has 2 unspecified atom stereocenters. The lowest BCUT2D eigenvalue weighted by Crippen LogP contribution is -2.20. The highest BCUT2D eigenvalue weighted by molar-refractivity contribution is 5.89.